The van der Waals surface area contributed by atoms with Crippen LogP contribution in [0.3, 0.4) is 0 Å². The van der Waals surface area contributed by atoms with Crippen LogP contribution in [0.15, 0.2) is 77.7 Å². The number of amides is 1. The van der Waals surface area contributed by atoms with Gasteiger partial charge in [-0.15, -0.1) is 0 Å². The second-order valence-electron chi connectivity index (χ2n) is 6.94. The van der Waals surface area contributed by atoms with E-state index < -0.39 is 34.1 Å². The molecule has 0 unspecified atom stereocenters. The highest BCUT2D eigenvalue weighted by Crippen LogP contribution is 2.24. The number of nitrogens with one attached hydrogen (secondary N) is 1. The quantitative estimate of drug-likeness (QED) is 0.426. The van der Waals surface area contributed by atoms with Gasteiger partial charge in [0.25, 0.3) is 10.0 Å². The maximum Gasteiger partial charge on any atom is 0.264 e. The minimum Gasteiger partial charge on any atom is -0.354 e. The fraction of sp³-hybridized carbons (Fsp3) is 0.174. The van der Waals surface area contributed by atoms with Crippen LogP contribution in [0.1, 0.15) is 5.56 Å². The Balaban J connectivity index is 1.64. The van der Waals surface area contributed by atoms with E-state index in [0.29, 0.717) is 17.1 Å². The van der Waals surface area contributed by atoms with E-state index in [0.717, 1.165) is 40.7 Å². The summed E-state index contributed by atoms with van der Waals surface area (Å²) in [6, 6.07) is 15.3. The minimum absolute atomic E-state index is 0.0878. The van der Waals surface area contributed by atoms with E-state index in [1.807, 2.05) is 0 Å². The van der Waals surface area contributed by atoms with Crippen LogP contribution in [-0.2, 0) is 20.6 Å². The molecule has 0 saturated carbocycles. The molecule has 0 aliphatic carbocycles. The largest absolute Gasteiger partial charge is 0.354 e. The van der Waals surface area contributed by atoms with Gasteiger partial charge in [-0.3, -0.25) is 9.10 Å². The molecule has 0 atom stereocenters. The highest BCUT2D eigenvalue weighted by Gasteiger charge is 2.27. The van der Waals surface area contributed by atoms with Gasteiger partial charge in [-0.1, -0.05) is 18.2 Å². The Morgan fingerprint density at radius 3 is 2.12 bits per heavy atom. The Hall–Kier alpha value is -2.98. The zero-order valence-corrected chi connectivity index (χ0v) is 19.0. The third kappa shape index (κ3) is 6.75. The smallest absolute Gasteiger partial charge is 0.264 e. The summed E-state index contributed by atoms with van der Waals surface area (Å²) in [7, 11) is -4.22. The second-order valence-corrected chi connectivity index (χ2v) is 9.90. The van der Waals surface area contributed by atoms with Gasteiger partial charge in [0.05, 0.1) is 10.6 Å². The van der Waals surface area contributed by atoms with Crippen LogP contribution in [0.4, 0.5) is 18.9 Å². The molecule has 33 heavy (non-hydrogen) atoms. The number of thioether (sulfide) groups is 1. The van der Waals surface area contributed by atoms with E-state index in [2.05, 4.69) is 5.32 Å². The molecule has 3 aromatic rings. The molecular weight excluding hydrogens is 473 g/mol. The zero-order valence-electron chi connectivity index (χ0n) is 17.4. The molecule has 1 amide bonds. The topological polar surface area (TPSA) is 66.5 Å². The number of carbonyl (C=O) groups excluding carboxylic acids is 1. The van der Waals surface area contributed by atoms with Crippen LogP contribution in [-0.4, -0.2) is 33.2 Å². The molecule has 0 radical (unpaired) electrons. The first-order valence-electron chi connectivity index (χ1n) is 9.89. The summed E-state index contributed by atoms with van der Waals surface area (Å²) in [4.78, 5) is 12.3. The molecule has 0 spiro atoms. The van der Waals surface area contributed by atoms with Gasteiger partial charge in [-0.2, -0.15) is 11.8 Å². The van der Waals surface area contributed by atoms with Crippen molar-refractivity contribution in [2.75, 3.05) is 23.1 Å². The van der Waals surface area contributed by atoms with Crippen molar-refractivity contribution in [2.45, 2.75) is 10.6 Å². The van der Waals surface area contributed by atoms with Crippen LogP contribution < -0.4 is 9.62 Å². The monoisotopic (exact) mass is 494 g/mol. The van der Waals surface area contributed by atoms with E-state index in [9.17, 15) is 26.4 Å². The van der Waals surface area contributed by atoms with E-state index >= 15 is 0 Å². The number of halogens is 3. The summed E-state index contributed by atoms with van der Waals surface area (Å²) in [6.45, 7) is -0.310. The van der Waals surface area contributed by atoms with Gasteiger partial charge >= 0.3 is 0 Å². The lowest BCUT2D eigenvalue weighted by molar-refractivity contribution is -0.119. The van der Waals surface area contributed by atoms with E-state index in [1.165, 1.54) is 30.0 Å². The van der Waals surface area contributed by atoms with Gasteiger partial charge in [0, 0.05) is 18.1 Å². The fourth-order valence-corrected chi connectivity index (χ4v) is 5.17. The number of rotatable bonds is 10. The van der Waals surface area contributed by atoms with Gasteiger partial charge in [0.1, 0.15) is 24.0 Å². The van der Waals surface area contributed by atoms with Crippen LogP contribution in [0.2, 0.25) is 0 Å². The summed E-state index contributed by atoms with van der Waals surface area (Å²) in [5.74, 6) is -1.11. The highest BCUT2D eigenvalue weighted by molar-refractivity contribution is 7.98. The molecule has 1 N–H and O–H groups in total. The van der Waals surface area contributed by atoms with Crippen molar-refractivity contribution in [1.82, 2.24) is 5.32 Å². The van der Waals surface area contributed by atoms with Gasteiger partial charge in [-0.05, 0) is 60.2 Å². The summed E-state index contributed by atoms with van der Waals surface area (Å²) in [6.07, 6.45) is 0. The van der Waals surface area contributed by atoms with Crippen LogP contribution in [0, 0.1) is 17.5 Å². The number of carbonyl (C=O) groups is 1. The summed E-state index contributed by atoms with van der Waals surface area (Å²) < 4.78 is 67.3. The SMILES string of the molecule is O=C(CN(c1ccc(F)cc1)S(=O)(=O)c1ccc(F)cc1)NCCSCc1ccccc1F. The highest BCUT2D eigenvalue weighted by atomic mass is 32.2. The van der Waals surface area contributed by atoms with Gasteiger partial charge in [0.15, 0.2) is 0 Å². The third-order valence-electron chi connectivity index (χ3n) is 4.59. The lowest BCUT2D eigenvalue weighted by atomic mass is 10.2. The van der Waals surface area contributed by atoms with Crippen molar-refractivity contribution in [3.8, 4) is 0 Å². The summed E-state index contributed by atoms with van der Waals surface area (Å²) in [5.41, 5.74) is 0.645. The lowest BCUT2D eigenvalue weighted by Gasteiger charge is -2.24. The Bertz CT molecular complexity index is 1190. The lowest BCUT2D eigenvalue weighted by Crippen LogP contribution is -2.41. The Morgan fingerprint density at radius 1 is 0.879 bits per heavy atom. The van der Waals surface area contributed by atoms with Crippen LogP contribution in [0.5, 0.6) is 0 Å². The summed E-state index contributed by atoms with van der Waals surface area (Å²) >= 11 is 1.42. The van der Waals surface area contributed by atoms with E-state index in [-0.39, 0.29) is 22.9 Å². The molecular formula is C23H21F3N2O3S2. The number of hydrogen-bond acceptors (Lipinski definition) is 4. The van der Waals surface area contributed by atoms with Gasteiger partial charge in [0.2, 0.25) is 5.91 Å². The van der Waals surface area contributed by atoms with Gasteiger partial charge < -0.3 is 5.32 Å². The molecule has 3 rings (SSSR count). The van der Waals surface area contributed by atoms with Crippen molar-refractivity contribution < 1.29 is 26.4 Å². The molecule has 0 bridgehead atoms. The van der Waals surface area contributed by atoms with E-state index in [1.54, 1.807) is 18.2 Å². The summed E-state index contributed by atoms with van der Waals surface area (Å²) in [5, 5.41) is 2.63. The number of sulfonamides is 1. The maximum atomic E-state index is 13.6. The first kappa shape index (κ1) is 24.7. The maximum absolute atomic E-state index is 13.6. The average molecular weight is 495 g/mol. The predicted molar refractivity (Wildman–Crippen MR) is 123 cm³/mol. The predicted octanol–water partition coefficient (Wildman–Crippen LogP) is 4.35. The van der Waals surface area contributed by atoms with Crippen LogP contribution in [0.25, 0.3) is 0 Å². The molecule has 174 valence electrons. The average Bonchev–Trinajstić information content (AvgIpc) is 2.79. The standard InChI is InChI=1S/C23H21F3N2O3S2/c24-18-5-9-20(10-6-18)28(33(30,31)21-11-7-19(25)8-12-21)15-23(29)27-13-14-32-16-17-3-1-2-4-22(17)26/h1-12H,13-16H2,(H,27,29). The molecule has 3 aromatic carbocycles. The number of benzene rings is 3. The van der Waals surface area contributed by atoms with Crippen LogP contribution >= 0.6 is 11.8 Å². The molecule has 0 saturated heterocycles. The van der Waals surface area contributed by atoms with Crippen molar-refractivity contribution >= 4 is 33.4 Å². The molecule has 0 aliphatic rings. The molecule has 0 aliphatic heterocycles. The second kappa shape index (κ2) is 11.2. The number of anilines is 1. The van der Waals surface area contributed by atoms with Crippen molar-refractivity contribution in [1.29, 1.82) is 0 Å². The third-order valence-corrected chi connectivity index (χ3v) is 7.38. The Labute approximate surface area is 194 Å². The zero-order chi connectivity index (χ0) is 23.8. The minimum atomic E-state index is -4.22. The van der Waals surface area contributed by atoms with Crippen molar-refractivity contribution in [3.05, 3.63) is 95.8 Å². The first-order chi connectivity index (χ1) is 15.8. The number of hydrogen-bond donors (Lipinski definition) is 1. The Kier molecular flexibility index (Phi) is 8.40. The fourth-order valence-electron chi connectivity index (χ4n) is 2.90. The molecule has 5 nitrogen and oxygen atoms in total. The first-order valence-corrected chi connectivity index (χ1v) is 12.5. The van der Waals surface area contributed by atoms with Crippen molar-refractivity contribution in [2.24, 2.45) is 0 Å². The molecule has 0 heterocycles. The normalized spacial score (nSPS) is 11.2. The number of nitrogens with zero attached hydrogens (tertiary/aromatic N) is 1. The van der Waals surface area contributed by atoms with Gasteiger partial charge in [-0.25, -0.2) is 21.6 Å². The molecule has 0 fully saturated rings. The van der Waals surface area contributed by atoms with E-state index in [4.69, 9.17) is 0 Å². The molecule has 0 aromatic heterocycles. The molecule has 10 heteroatoms. The van der Waals surface area contributed by atoms with Crippen molar-refractivity contribution in [3.63, 3.8) is 0 Å². The Morgan fingerprint density at radius 2 is 1.48 bits per heavy atom.